The fourth-order valence-corrected chi connectivity index (χ4v) is 4.05. The summed E-state index contributed by atoms with van der Waals surface area (Å²) < 4.78 is 10.6. The van der Waals surface area contributed by atoms with Gasteiger partial charge in [0.1, 0.15) is 5.60 Å². The maximum atomic E-state index is 12.4. The van der Waals surface area contributed by atoms with Crippen LogP contribution in [-0.4, -0.2) is 60.3 Å². The van der Waals surface area contributed by atoms with Crippen LogP contribution in [0.3, 0.4) is 0 Å². The fraction of sp³-hybridized carbons (Fsp3) is 0.542. The highest BCUT2D eigenvalue weighted by atomic mass is 16.6. The summed E-state index contributed by atoms with van der Waals surface area (Å²) in [6, 6.07) is 6.04. The van der Waals surface area contributed by atoms with Crippen LogP contribution in [0, 0.1) is 0 Å². The lowest BCUT2D eigenvalue weighted by molar-refractivity contribution is 0.0240. The minimum atomic E-state index is -0.486. The van der Waals surface area contributed by atoms with Gasteiger partial charge in [-0.2, -0.15) is 0 Å². The van der Waals surface area contributed by atoms with E-state index < -0.39 is 5.60 Å². The van der Waals surface area contributed by atoms with Crippen LogP contribution in [-0.2, 0) is 9.47 Å². The van der Waals surface area contributed by atoms with Gasteiger partial charge in [-0.05, 0) is 58.6 Å². The van der Waals surface area contributed by atoms with Gasteiger partial charge >= 0.3 is 12.1 Å². The Hall–Kier alpha value is -2.83. The summed E-state index contributed by atoms with van der Waals surface area (Å²) in [6.45, 7) is 10.6. The maximum absolute atomic E-state index is 12.4. The third-order valence-corrected chi connectivity index (χ3v) is 5.64. The number of fused-ring (bicyclic) bond motifs is 1. The van der Waals surface area contributed by atoms with Gasteiger partial charge in [0.05, 0.1) is 17.7 Å². The number of hydrogen-bond acceptors (Lipinski definition) is 6. The van der Waals surface area contributed by atoms with Crippen molar-refractivity contribution in [3.05, 3.63) is 35.5 Å². The van der Waals surface area contributed by atoms with Crippen LogP contribution in [0.4, 0.5) is 10.5 Å². The zero-order valence-corrected chi connectivity index (χ0v) is 18.8. The van der Waals surface area contributed by atoms with Gasteiger partial charge in [0.15, 0.2) is 0 Å². The van der Waals surface area contributed by atoms with Crippen molar-refractivity contribution < 1.29 is 19.1 Å². The Labute approximate surface area is 183 Å². The molecule has 7 nitrogen and oxygen atoms in total. The van der Waals surface area contributed by atoms with Crippen LogP contribution in [0.5, 0.6) is 0 Å². The molecule has 1 saturated carbocycles. The van der Waals surface area contributed by atoms with Crippen molar-refractivity contribution >= 4 is 28.7 Å². The molecule has 31 heavy (non-hydrogen) atoms. The first-order chi connectivity index (χ1) is 14.8. The van der Waals surface area contributed by atoms with Gasteiger partial charge in [-0.3, -0.25) is 4.98 Å². The standard InChI is InChI=1S/C24H31N3O4/c1-5-30-22(28)18-14-17-8-9-19(20(16-6-7-16)21(17)25-15-18)26-10-12-27(13-11-26)23(29)31-24(2,3)4/h8-9,14-16H,5-7,10-13H2,1-4H3. The van der Waals surface area contributed by atoms with Crippen molar-refractivity contribution in [3.8, 4) is 0 Å². The molecule has 0 N–H and O–H groups in total. The van der Waals surface area contributed by atoms with Crippen molar-refractivity contribution in [1.29, 1.82) is 0 Å². The predicted molar refractivity (Wildman–Crippen MR) is 120 cm³/mol. The Kier molecular flexibility index (Phi) is 5.77. The predicted octanol–water partition coefficient (Wildman–Crippen LogP) is 4.35. The number of pyridine rings is 1. The maximum Gasteiger partial charge on any atom is 0.410 e. The van der Waals surface area contributed by atoms with Crippen LogP contribution in [0.1, 0.15) is 62.4 Å². The largest absolute Gasteiger partial charge is 0.462 e. The lowest BCUT2D eigenvalue weighted by Gasteiger charge is -2.37. The fourth-order valence-electron chi connectivity index (χ4n) is 4.05. The van der Waals surface area contributed by atoms with Gasteiger partial charge in [0, 0.05) is 49.0 Å². The number of benzene rings is 1. The van der Waals surface area contributed by atoms with E-state index in [1.54, 1.807) is 18.0 Å². The van der Waals surface area contributed by atoms with Crippen LogP contribution >= 0.6 is 0 Å². The monoisotopic (exact) mass is 425 g/mol. The second kappa shape index (κ2) is 8.36. The van der Waals surface area contributed by atoms with E-state index in [-0.39, 0.29) is 12.1 Å². The van der Waals surface area contributed by atoms with Crippen LogP contribution in [0.25, 0.3) is 10.9 Å². The Morgan fingerprint density at radius 3 is 2.45 bits per heavy atom. The first-order valence-electron chi connectivity index (χ1n) is 11.1. The highest BCUT2D eigenvalue weighted by Gasteiger charge is 2.32. The van der Waals surface area contributed by atoms with E-state index in [4.69, 9.17) is 9.47 Å². The molecule has 1 aliphatic heterocycles. The van der Waals surface area contributed by atoms with Gasteiger partial charge in [-0.1, -0.05) is 6.07 Å². The minimum absolute atomic E-state index is 0.249. The molecule has 166 valence electrons. The van der Waals surface area contributed by atoms with Crippen LogP contribution in [0.15, 0.2) is 24.4 Å². The lowest BCUT2D eigenvalue weighted by Crippen LogP contribution is -2.50. The molecule has 7 heteroatoms. The number of nitrogens with zero attached hydrogens (tertiary/aromatic N) is 3. The van der Waals surface area contributed by atoms with Crippen molar-refractivity contribution in [2.75, 3.05) is 37.7 Å². The zero-order valence-electron chi connectivity index (χ0n) is 18.8. The van der Waals surface area contributed by atoms with Gasteiger partial charge < -0.3 is 19.3 Å². The summed E-state index contributed by atoms with van der Waals surface area (Å²) in [5.41, 5.74) is 3.41. The van der Waals surface area contributed by atoms with E-state index in [0.29, 0.717) is 31.2 Å². The summed E-state index contributed by atoms with van der Waals surface area (Å²) in [5, 5.41) is 0.962. The Bertz CT molecular complexity index is 986. The molecule has 1 aromatic carbocycles. The molecule has 1 amide bonds. The number of carbonyl (C=O) groups is 2. The third-order valence-electron chi connectivity index (χ3n) is 5.64. The van der Waals surface area contributed by atoms with E-state index in [0.717, 1.165) is 36.8 Å². The van der Waals surface area contributed by atoms with Crippen LogP contribution < -0.4 is 4.90 Å². The number of rotatable bonds is 4. The Morgan fingerprint density at radius 2 is 1.84 bits per heavy atom. The number of piperazine rings is 1. The molecule has 1 saturated heterocycles. The van der Waals surface area contributed by atoms with Gasteiger partial charge in [-0.25, -0.2) is 9.59 Å². The molecule has 1 aliphatic carbocycles. The van der Waals surface area contributed by atoms with Gasteiger partial charge in [-0.15, -0.1) is 0 Å². The van der Waals surface area contributed by atoms with Crippen LogP contribution in [0.2, 0.25) is 0 Å². The topological polar surface area (TPSA) is 72.0 Å². The molecule has 2 fully saturated rings. The molecule has 2 aliphatic rings. The molecular formula is C24H31N3O4. The van der Waals surface area contributed by atoms with Crippen molar-refractivity contribution in [1.82, 2.24) is 9.88 Å². The highest BCUT2D eigenvalue weighted by Crippen LogP contribution is 2.47. The molecule has 2 heterocycles. The Balaban J connectivity index is 1.56. The lowest BCUT2D eigenvalue weighted by atomic mass is 10.0. The number of esters is 1. The molecule has 0 atom stereocenters. The summed E-state index contributed by atoms with van der Waals surface area (Å²) in [5.74, 6) is 0.163. The van der Waals surface area contributed by atoms with E-state index in [9.17, 15) is 9.59 Å². The molecule has 4 rings (SSSR count). The third kappa shape index (κ3) is 4.75. The number of hydrogen-bond donors (Lipinski definition) is 0. The number of ether oxygens (including phenoxy) is 2. The van der Waals surface area contributed by atoms with E-state index in [2.05, 4.69) is 16.0 Å². The zero-order chi connectivity index (χ0) is 22.2. The smallest absolute Gasteiger partial charge is 0.410 e. The molecule has 0 spiro atoms. The van der Waals surface area contributed by atoms with Crippen molar-refractivity contribution in [2.45, 2.75) is 52.1 Å². The molecule has 1 aromatic heterocycles. The van der Waals surface area contributed by atoms with Crippen molar-refractivity contribution in [2.24, 2.45) is 0 Å². The highest BCUT2D eigenvalue weighted by molar-refractivity contribution is 5.96. The van der Waals surface area contributed by atoms with Gasteiger partial charge in [0.2, 0.25) is 0 Å². The molecule has 0 radical (unpaired) electrons. The average Bonchev–Trinajstić information content (AvgIpc) is 3.56. The first-order valence-corrected chi connectivity index (χ1v) is 11.1. The molecule has 2 aromatic rings. The molecule has 0 bridgehead atoms. The number of amides is 1. The number of aromatic nitrogens is 1. The number of carbonyl (C=O) groups excluding carboxylic acids is 2. The van der Waals surface area contributed by atoms with E-state index in [1.165, 1.54) is 11.3 Å². The van der Waals surface area contributed by atoms with Gasteiger partial charge in [0.25, 0.3) is 0 Å². The minimum Gasteiger partial charge on any atom is -0.462 e. The SMILES string of the molecule is CCOC(=O)c1cnc2c(C3CC3)c(N3CCN(C(=O)OC(C)(C)C)CC3)ccc2c1. The molecular weight excluding hydrogens is 394 g/mol. The summed E-state index contributed by atoms with van der Waals surface area (Å²) in [6.07, 6.45) is 3.69. The number of anilines is 1. The molecule has 0 unspecified atom stereocenters. The summed E-state index contributed by atoms with van der Waals surface area (Å²) in [4.78, 5) is 33.3. The average molecular weight is 426 g/mol. The van der Waals surface area contributed by atoms with E-state index >= 15 is 0 Å². The normalized spacial score (nSPS) is 17.0. The summed E-state index contributed by atoms with van der Waals surface area (Å²) in [7, 11) is 0. The Morgan fingerprint density at radius 1 is 1.13 bits per heavy atom. The summed E-state index contributed by atoms with van der Waals surface area (Å²) >= 11 is 0. The van der Waals surface area contributed by atoms with E-state index in [1.807, 2.05) is 32.9 Å². The second-order valence-electron chi connectivity index (χ2n) is 9.24. The first kappa shape index (κ1) is 21.4. The quantitative estimate of drug-likeness (QED) is 0.679. The second-order valence-corrected chi connectivity index (χ2v) is 9.24. The van der Waals surface area contributed by atoms with Crippen molar-refractivity contribution in [3.63, 3.8) is 0 Å².